The Labute approximate surface area is 140 Å². The molecule has 0 bridgehead atoms. The summed E-state index contributed by atoms with van der Waals surface area (Å²) < 4.78 is 13.5. The number of methoxy groups -OCH3 is 2. The van der Waals surface area contributed by atoms with E-state index >= 15 is 0 Å². The number of rotatable bonds is 4. The Hall–Kier alpha value is -1.73. The first kappa shape index (κ1) is 15.2. The summed E-state index contributed by atoms with van der Waals surface area (Å²) in [4.78, 5) is 5.32. The molecular weight excluding hydrogens is 366 g/mol. The molecule has 22 heavy (non-hydrogen) atoms. The topological polar surface area (TPSA) is 48.7 Å². The largest absolute Gasteiger partial charge is 0.493 e. The minimum Gasteiger partial charge on any atom is -0.493 e. The maximum atomic E-state index is 5.47. The van der Waals surface area contributed by atoms with Crippen LogP contribution in [0.2, 0.25) is 0 Å². The van der Waals surface area contributed by atoms with Gasteiger partial charge in [0.15, 0.2) is 17.1 Å². The van der Waals surface area contributed by atoms with Gasteiger partial charge in [-0.25, -0.2) is 9.50 Å². The van der Waals surface area contributed by atoms with Gasteiger partial charge < -0.3 is 9.47 Å². The fourth-order valence-corrected chi connectivity index (χ4v) is 3.29. The monoisotopic (exact) mass is 379 g/mol. The predicted octanol–water partition coefficient (Wildman–Crippen LogP) is 3.90. The molecule has 0 saturated carbocycles. The molecule has 0 saturated heterocycles. The average Bonchev–Trinajstić information content (AvgIpc) is 2.93. The molecule has 1 aromatic carbocycles. The molecule has 0 spiro atoms. The summed E-state index contributed by atoms with van der Waals surface area (Å²) >= 11 is 5.00. The Bertz CT molecular complexity index is 810. The summed E-state index contributed by atoms with van der Waals surface area (Å²) in [7, 11) is 3.28. The summed E-state index contributed by atoms with van der Waals surface area (Å²) in [6, 6.07) is 7.82. The summed E-state index contributed by atoms with van der Waals surface area (Å²) in [6.07, 6.45) is 3.78. The van der Waals surface area contributed by atoms with Gasteiger partial charge in [-0.15, -0.1) is 11.8 Å². The lowest BCUT2D eigenvalue weighted by molar-refractivity contribution is 0.348. The van der Waals surface area contributed by atoms with E-state index in [9.17, 15) is 0 Å². The molecule has 0 unspecified atom stereocenters. The third-order valence-corrected chi connectivity index (χ3v) is 4.42. The van der Waals surface area contributed by atoms with E-state index < -0.39 is 0 Å². The van der Waals surface area contributed by atoms with Gasteiger partial charge in [0.1, 0.15) is 4.60 Å². The number of benzene rings is 1. The fourth-order valence-electron chi connectivity index (χ4n) is 2.31. The third kappa shape index (κ3) is 2.55. The molecule has 3 aromatic rings. The highest BCUT2D eigenvalue weighted by atomic mass is 79.9. The molecule has 114 valence electrons. The van der Waals surface area contributed by atoms with Crippen LogP contribution in [0.15, 0.2) is 40.0 Å². The Morgan fingerprint density at radius 1 is 1.18 bits per heavy atom. The summed E-state index contributed by atoms with van der Waals surface area (Å²) in [5.41, 5.74) is 2.71. The lowest BCUT2D eigenvalue weighted by atomic mass is 10.1. The maximum absolute atomic E-state index is 5.47. The van der Waals surface area contributed by atoms with Crippen LogP contribution in [0.25, 0.3) is 16.9 Å². The number of hydrogen-bond acceptors (Lipinski definition) is 5. The van der Waals surface area contributed by atoms with Crippen molar-refractivity contribution >= 4 is 33.3 Å². The van der Waals surface area contributed by atoms with Crippen molar-refractivity contribution in [2.45, 2.75) is 4.90 Å². The van der Waals surface area contributed by atoms with Crippen molar-refractivity contribution in [2.75, 3.05) is 20.5 Å². The van der Waals surface area contributed by atoms with E-state index in [-0.39, 0.29) is 0 Å². The van der Waals surface area contributed by atoms with Gasteiger partial charge in [-0.05, 0) is 40.4 Å². The van der Waals surface area contributed by atoms with E-state index in [0.29, 0.717) is 5.75 Å². The predicted molar refractivity (Wildman–Crippen MR) is 91.0 cm³/mol. The van der Waals surface area contributed by atoms with Gasteiger partial charge in [0.2, 0.25) is 0 Å². The van der Waals surface area contributed by atoms with Crippen LogP contribution in [0.3, 0.4) is 0 Å². The number of thioether (sulfide) groups is 1. The van der Waals surface area contributed by atoms with Crippen LogP contribution >= 0.6 is 27.7 Å². The summed E-state index contributed by atoms with van der Waals surface area (Å²) in [5, 5.41) is 4.44. The van der Waals surface area contributed by atoms with E-state index in [1.54, 1.807) is 36.7 Å². The van der Waals surface area contributed by atoms with E-state index in [2.05, 4.69) is 32.1 Å². The first-order chi connectivity index (χ1) is 10.7. The van der Waals surface area contributed by atoms with Crippen molar-refractivity contribution in [2.24, 2.45) is 0 Å². The zero-order valence-corrected chi connectivity index (χ0v) is 14.7. The average molecular weight is 380 g/mol. The van der Waals surface area contributed by atoms with Gasteiger partial charge in [0, 0.05) is 17.8 Å². The van der Waals surface area contributed by atoms with Crippen molar-refractivity contribution in [1.82, 2.24) is 14.6 Å². The number of halogens is 1. The van der Waals surface area contributed by atoms with Crippen LogP contribution in [0.5, 0.6) is 11.5 Å². The normalized spacial score (nSPS) is 10.9. The molecule has 5 nitrogen and oxygen atoms in total. The molecule has 0 fully saturated rings. The van der Waals surface area contributed by atoms with Crippen molar-refractivity contribution in [1.29, 1.82) is 0 Å². The van der Waals surface area contributed by atoms with Crippen LogP contribution in [0.1, 0.15) is 0 Å². The standard InChI is InChI=1S/C15H14BrN3O2S/c1-20-11-6-9(7-12(22-3)15(11)21-2)10-4-5-17-14-8-13(16)18-19(10)14/h4-8H,1-3H3. The number of hydrogen-bond donors (Lipinski definition) is 0. The minimum absolute atomic E-state index is 0.695. The third-order valence-electron chi connectivity index (χ3n) is 3.29. The molecular formula is C15H14BrN3O2S. The molecule has 0 aliphatic carbocycles. The second kappa shape index (κ2) is 6.18. The Morgan fingerprint density at radius 3 is 2.68 bits per heavy atom. The minimum atomic E-state index is 0.695. The Morgan fingerprint density at radius 2 is 2.00 bits per heavy atom. The van der Waals surface area contributed by atoms with Crippen molar-refractivity contribution in [3.63, 3.8) is 0 Å². The molecule has 2 aromatic heterocycles. The molecule has 0 amide bonds. The van der Waals surface area contributed by atoms with Crippen LogP contribution < -0.4 is 9.47 Å². The lowest BCUT2D eigenvalue weighted by Crippen LogP contribution is -1.98. The van der Waals surface area contributed by atoms with E-state index in [4.69, 9.17) is 9.47 Å². The van der Waals surface area contributed by atoms with E-state index in [1.165, 1.54) is 0 Å². The summed E-state index contributed by atoms with van der Waals surface area (Å²) in [6.45, 7) is 0. The highest BCUT2D eigenvalue weighted by Gasteiger charge is 2.15. The van der Waals surface area contributed by atoms with Crippen LogP contribution in [0, 0.1) is 0 Å². The number of ether oxygens (including phenoxy) is 2. The Balaban J connectivity index is 2.26. The fraction of sp³-hybridized carbons (Fsp3) is 0.200. The van der Waals surface area contributed by atoms with E-state index in [1.807, 2.05) is 24.5 Å². The number of aromatic nitrogens is 3. The molecule has 2 heterocycles. The van der Waals surface area contributed by atoms with Crippen molar-refractivity contribution in [3.8, 4) is 22.8 Å². The van der Waals surface area contributed by atoms with Crippen LogP contribution in [-0.4, -0.2) is 35.1 Å². The van der Waals surface area contributed by atoms with Crippen molar-refractivity contribution in [3.05, 3.63) is 35.1 Å². The highest BCUT2D eigenvalue weighted by molar-refractivity contribution is 9.10. The number of nitrogens with zero attached hydrogens (tertiary/aromatic N) is 3. The maximum Gasteiger partial charge on any atom is 0.174 e. The van der Waals surface area contributed by atoms with Gasteiger partial charge in [-0.3, -0.25) is 0 Å². The smallest absolute Gasteiger partial charge is 0.174 e. The zero-order chi connectivity index (χ0) is 15.7. The second-order valence-electron chi connectivity index (χ2n) is 4.48. The van der Waals surface area contributed by atoms with Gasteiger partial charge in [-0.2, -0.15) is 5.10 Å². The molecule has 0 radical (unpaired) electrons. The van der Waals surface area contributed by atoms with Gasteiger partial charge in [0.05, 0.1) is 24.8 Å². The number of fused-ring (bicyclic) bond motifs is 1. The molecule has 0 aliphatic heterocycles. The first-order valence-electron chi connectivity index (χ1n) is 6.48. The van der Waals surface area contributed by atoms with Crippen LogP contribution in [-0.2, 0) is 0 Å². The first-order valence-corrected chi connectivity index (χ1v) is 8.50. The lowest BCUT2D eigenvalue weighted by Gasteiger charge is -2.14. The Kier molecular flexibility index (Phi) is 4.26. The quantitative estimate of drug-likeness (QED) is 0.643. The zero-order valence-electron chi connectivity index (χ0n) is 12.3. The summed E-state index contributed by atoms with van der Waals surface area (Å²) in [5.74, 6) is 1.44. The second-order valence-corrected chi connectivity index (χ2v) is 6.14. The molecule has 3 rings (SSSR count). The van der Waals surface area contributed by atoms with Gasteiger partial charge >= 0.3 is 0 Å². The molecule has 7 heteroatoms. The molecule has 0 aliphatic rings. The highest BCUT2D eigenvalue weighted by Crippen LogP contribution is 2.40. The molecule has 0 N–H and O–H groups in total. The SMILES string of the molecule is COc1cc(-c2ccnc3cc(Br)nn23)cc(SC)c1OC. The van der Waals surface area contributed by atoms with E-state index in [0.717, 1.165) is 32.2 Å². The van der Waals surface area contributed by atoms with Gasteiger partial charge in [-0.1, -0.05) is 0 Å². The van der Waals surface area contributed by atoms with Gasteiger partial charge in [0.25, 0.3) is 0 Å². The van der Waals surface area contributed by atoms with Crippen LogP contribution in [0.4, 0.5) is 0 Å². The molecule has 0 atom stereocenters. The van der Waals surface area contributed by atoms with Crippen molar-refractivity contribution < 1.29 is 9.47 Å².